The van der Waals surface area contributed by atoms with E-state index in [1.807, 2.05) is 18.2 Å². The van der Waals surface area contributed by atoms with Crippen molar-refractivity contribution in [1.82, 2.24) is 10.3 Å². The van der Waals surface area contributed by atoms with Gasteiger partial charge < -0.3 is 15.1 Å². The second-order valence-electron chi connectivity index (χ2n) is 6.14. The fourth-order valence-electron chi connectivity index (χ4n) is 2.98. The summed E-state index contributed by atoms with van der Waals surface area (Å²) in [6.07, 6.45) is 3.23. The lowest BCUT2D eigenvalue weighted by molar-refractivity contribution is -0.119. The Labute approximate surface area is 123 Å². The largest absolute Gasteiger partial charge is 0.440 e. The van der Waals surface area contributed by atoms with E-state index in [2.05, 4.69) is 22.5 Å². The van der Waals surface area contributed by atoms with Crippen LogP contribution in [-0.4, -0.2) is 23.5 Å². The molecule has 1 aromatic heterocycles. The first-order valence-electron chi connectivity index (χ1n) is 7.65. The molecule has 21 heavy (non-hydrogen) atoms. The van der Waals surface area contributed by atoms with Gasteiger partial charge in [-0.1, -0.05) is 0 Å². The van der Waals surface area contributed by atoms with Crippen molar-refractivity contribution >= 4 is 22.7 Å². The number of hydrogen-bond donors (Lipinski definition) is 2. The number of carbonyl (C=O) groups is 1. The zero-order chi connectivity index (χ0) is 14.4. The second-order valence-corrected chi connectivity index (χ2v) is 6.14. The van der Waals surface area contributed by atoms with Gasteiger partial charge in [0.1, 0.15) is 5.52 Å². The van der Waals surface area contributed by atoms with Gasteiger partial charge in [-0.25, -0.2) is 4.98 Å². The first-order chi connectivity index (χ1) is 10.2. The fourth-order valence-corrected chi connectivity index (χ4v) is 2.98. The Morgan fingerprint density at radius 1 is 1.38 bits per heavy atom. The van der Waals surface area contributed by atoms with Crippen molar-refractivity contribution in [2.75, 3.05) is 11.9 Å². The van der Waals surface area contributed by atoms with Gasteiger partial charge in [-0.3, -0.25) is 4.79 Å². The van der Waals surface area contributed by atoms with Crippen molar-refractivity contribution in [1.29, 1.82) is 0 Å². The number of anilines is 1. The number of oxazole rings is 1. The van der Waals surface area contributed by atoms with Crippen molar-refractivity contribution in [3.8, 4) is 0 Å². The van der Waals surface area contributed by atoms with Gasteiger partial charge in [-0.2, -0.15) is 0 Å². The number of nitrogens with one attached hydrogen (secondary N) is 2. The van der Waals surface area contributed by atoms with E-state index in [1.54, 1.807) is 0 Å². The molecule has 2 fully saturated rings. The van der Waals surface area contributed by atoms with Crippen LogP contribution >= 0.6 is 0 Å². The summed E-state index contributed by atoms with van der Waals surface area (Å²) in [6, 6.07) is 5.91. The number of carbonyl (C=O) groups excluding carboxylic acids is 1. The first-order valence-corrected chi connectivity index (χ1v) is 7.65. The predicted molar refractivity (Wildman–Crippen MR) is 80.2 cm³/mol. The Hall–Kier alpha value is -1.88. The summed E-state index contributed by atoms with van der Waals surface area (Å²) < 4.78 is 5.73. The maximum Gasteiger partial charge on any atom is 0.229 e. The molecule has 1 saturated carbocycles. The van der Waals surface area contributed by atoms with Gasteiger partial charge in [0.15, 0.2) is 11.5 Å². The third kappa shape index (κ3) is 2.42. The topological polar surface area (TPSA) is 67.2 Å². The lowest BCUT2D eigenvalue weighted by Gasteiger charge is -2.14. The van der Waals surface area contributed by atoms with E-state index in [0.29, 0.717) is 5.92 Å². The van der Waals surface area contributed by atoms with Crippen LogP contribution in [0.3, 0.4) is 0 Å². The number of benzene rings is 1. The molecule has 5 heteroatoms. The van der Waals surface area contributed by atoms with E-state index in [9.17, 15) is 4.79 Å². The number of hydrogen-bond acceptors (Lipinski definition) is 4. The molecule has 2 atom stereocenters. The molecule has 2 heterocycles. The zero-order valence-electron chi connectivity index (χ0n) is 12.1. The zero-order valence-corrected chi connectivity index (χ0v) is 12.1. The molecule has 4 rings (SSSR count). The van der Waals surface area contributed by atoms with Crippen LogP contribution in [0.1, 0.15) is 38.0 Å². The molecule has 2 N–H and O–H groups in total. The van der Waals surface area contributed by atoms with E-state index < -0.39 is 0 Å². The molecule has 110 valence electrons. The van der Waals surface area contributed by atoms with Crippen LogP contribution in [0.2, 0.25) is 0 Å². The number of amides is 1. The molecule has 5 nitrogen and oxygen atoms in total. The minimum Gasteiger partial charge on any atom is -0.440 e. The Balaban J connectivity index is 1.54. The first kappa shape index (κ1) is 12.8. The molecule has 1 aliphatic carbocycles. The highest BCUT2D eigenvalue weighted by molar-refractivity contribution is 5.94. The molecule has 1 saturated heterocycles. The summed E-state index contributed by atoms with van der Waals surface area (Å²) >= 11 is 0. The molecule has 1 amide bonds. The van der Waals surface area contributed by atoms with Crippen LogP contribution in [0.4, 0.5) is 5.69 Å². The number of nitrogens with zero attached hydrogens (tertiary/aromatic N) is 1. The highest BCUT2D eigenvalue weighted by Gasteiger charge is 2.30. The number of rotatable bonds is 3. The standard InChI is InChI=1S/C16H19N3O2/c1-9-12(6-7-17-9)15(20)18-11-4-5-14-13(8-11)19-16(21-14)10-2-3-10/h4-5,8-10,12,17H,2-3,6-7H2,1H3,(H,18,20). The monoisotopic (exact) mass is 285 g/mol. The van der Waals surface area contributed by atoms with Gasteiger partial charge in [-0.05, 0) is 50.9 Å². The average molecular weight is 285 g/mol. The van der Waals surface area contributed by atoms with Crippen LogP contribution in [0.15, 0.2) is 22.6 Å². The summed E-state index contributed by atoms with van der Waals surface area (Å²) in [7, 11) is 0. The highest BCUT2D eigenvalue weighted by Crippen LogP contribution is 2.40. The van der Waals surface area contributed by atoms with Crippen molar-refractivity contribution in [2.45, 2.75) is 38.1 Å². The van der Waals surface area contributed by atoms with Crippen molar-refractivity contribution < 1.29 is 9.21 Å². The molecule has 0 radical (unpaired) electrons. The van der Waals surface area contributed by atoms with Crippen LogP contribution < -0.4 is 10.6 Å². The van der Waals surface area contributed by atoms with E-state index >= 15 is 0 Å². The van der Waals surface area contributed by atoms with E-state index in [1.165, 1.54) is 12.8 Å². The minimum atomic E-state index is 0.0417. The predicted octanol–water partition coefficient (Wildman–Crippen LogP) is 2.64. The quantitative estimate of drug-likeness (QED) is 0.909. The lowest BCUT2D eigenvalue weighted by Crippen LogP contribution is -2.32. The fraction of sp³-hybridized carbons (Fsp3) is 0.500. The molecule has 0 spiro atoms. The molecular formula is C16H19N3O2. The second kappa shape index (κ2) is 4.84. The Kier molecular flexibility index (Phi) is 2.96. The van der Waals surface area contributed by atoms with Crippen molar-refractivity contribution in [3.05, 3.63) is 24.1 Å². The Morgan fingerprint density at radius 3 is 2.95 bits per heavy atom. The number of fused-ring (bicyclic) bond motifs is 1. The van der Waals surface area contributed by atoms with Crippen LogP contribution in [0.25, 0.3) is 11.1 Å². The van der Waals surface area contributed by atoms with Crippen LogP contribution in [0.5, 0.6) is 0 Å². The molecule has 0 bridgehead atoms. The molecule has 2 aromatic rings. The Morgan fingerprint density at radius 2 is 2.24 bits per heavy atom. The summed E-state index contributed by atoms with van der Waals surface area (Å²) in [4.78, 5) is 16.8. The van der Waals surface area contributed by atoms with E-state index in [4.69, 9.17) is 4.42 Å². The van der Waals surface area contributed by atoms with E-state index in [0.717, 1.165) is 35.6 Å². The van der Waals surface area contributed by atoms with Crippen molar-refractivity contribution in [2.24, 2.45) is 5.92 Å². The van der Waals surface area contributed by atoms with Crippen LogP contribution in [0, 0.1) is 5.92 Å². The smallest absolute Gasteiger partial charge is 0.229 e. The van der Waals surface area contributed by atoms with Gasteiger partial charge in [0.2, 0.25) is 5.91 Å². The van der Waals surface area contributed by atoms with Gasteiger partial charge in [0.05, 0.1) is 5.92 Å². The molecule has 1 aromatic carbocycles. The molecular weight excluding hydrogens is 266 g/mol. The van der Waals surface area contributed by atoms with Crippen LogP contribution in [-0.2, 0) is 4.79 Å². The SMILES string of the molecule is CC1NCCC1C(=O)Nc1ccc2oc(C3CC3)nc2c1. The minimum absolute atomic E-state index is 0.0417. The maximum atomic E-state index is 12.3. The summed E-state index contributed by atoms with van der Waals surface area (Å²) in [5, 5.41) is 6.30. The molecule has 2 unspecified atom stereocenters. The van der Waals surface area contributed by atoms with Gasteiger partial charge in [0, 0.05) is 17.6 Å². The average Bonchev–Trinajstić information content (AvgIpc) is 3.09. The maximum absolute atomic E-state index is 12.3. The summed E-state index contributed by atoms with van der Waals surface area (Å²) in [5.41, 5.74) is 2.42. The number of aromatic nitrogens is 1. The third-order valence-corrected chi connectivity index (χ3v) is 4.46. The van der Waals surface area contributed by atoms with Gasteiger partial charge in [0.25, 0.3) is 0 Å². The molecule has 1 aliphatic heterocycles. The van der Waals surface area contributed by atoms with Gasteiger partial charge in [-0.15, -0.1) is 0 Å². The summed E-state index contributed by atoms with van der Waals surface area (Å²) in [5.74, 6) is 1.46. The van der Waals surface area contributed by atoms with Crippen molar-refractivity contribution in [3.63, 3.8) is 0 Å². The Bertz CT molecular complexity index is 690. The lowest BCUT2D eigenvalue weighted by atomic mass is 10.0. The summed E-state index contributed by atoms with van der Waals surface area (Å²) in [6.45, 7) is 2.96. The van der Waals surface area contributed by atoms with E-state index in [-0.39, 0.29) is 17.9 Å². The highest BCUT2D eigenvalue weighted by atomic mass is 16.3. The normalized spacial score (nSPS) is 25.4. The molecule has 2 aliphatic rings. The third-order valence-electron chi connectivity index (χ3n) is 4.46. The van der Waals surface area contributed by atoms with Gasteiger partial charge >= 0.3 is 0 Å².